The van der Waals surface area contributed by atoms with Gasteiger partial charge in [0, 0.05) is 12.2 Å². The van der Waals surface area contributed by atoms with Crippen LogP contribution in [0.25, 0.3) is 0 Å². The fraction of sp³-hybridized carbons (Fsp3) is 0.333. The van der Waals surface area contributed by atoms with E-state index in [4.69, 9.17) is 9.47 Å². The van der Waals surface area contributed by atoms with Crippen LogP contribution < -0.4 is 0 Å². The lowest BCUT2D eigenvalue weighted by molar-refractivity contribution is -0.138. The number of esters is 2. The molecule has 0 radical (unpaired) electrons. The van der Waals surface area contributed by atoms with Crippen LogP contribution in [0.5, 0.6) is 0 Å². The first kappa shape index (κ1) is 25.1. The van der Waals surface area contributed by atoms with E-state index in [0.717, 1.165) is 22.3 Å². The van der Waals surface area contributed by atoms with Gasteiger partial charge in [0.2, 0.25) is 0 Å². The van der Waals surface area contributed by atoms with E-state index in [1.807, 2.05) is 76.3 Å². The van der Waals surface area contributed by atoms with Gasteiger partial charge in [-0.1, -0.05) is 59.8 Å². The molecule has 0 aromatic rings. The molecule has 0 spiro atoms. The van der Waals surface area contributed by atoms with Gasteiger partial charge in [0.25, 0.3) is 0 Å². The average Bonchev–Trinajstić information content (AvgIpc) is 2.62. The monoisotopic (exact) mass is 384 g/mol. The first-order valence-corrected chi connectivity index (χ1v) is 9.36. The highest BCUT2D eigenvalue weighted by Gasteiger charge is 1.95. The Labute approximate surface area is 169 Å². The van der Waals surface area contributed by atoms with Crippen molar-refractivity contribution in [2.45, 2.75) is 41.5 Å². The van der Waals surface area contributed by atoms with Crippen LogP contribution in [0, 0.1) is 0 Å². The predicted molar refractivity (Wildman–Crippen MR) is 116 cm³/mol. The number of carbonyl (C=O) groups excluding carboxylic acids is 2. The molecule has 0 heterocycles. The van der Waals surface area contributed by atoms with E-state index in [2.05, 4.69) is 0 Å². The molecule has 0 fully saturated rings. The standard InChI is InChI=1S/C24H32O4/c1-7-27-23(25)17-21(5)15-13-19(3)11-9-10-12-20(4)14-16-22(6)18-24(26)28-8-2/h9-18H,7-8H2,1-6H3. The minimum atomic E-state index is -0.327. The zero-order valence-electron chi connectivity index (χ0n) is 17.8. The predicted octanol–water partition coefficient (Wildman–Crippen LogP) is 5.57. The van der Waals surface area contributed by atoms with E-state index < -0.39 is 0 Å². The van der Waals surface area contributed by atoms with E-state index in [9.17, 15) is 9.59 Å². The van der Waals surface area contributed by atoms with Crippen LogP contribution in [-0.2, 0) is 19.1 Å². The fourth-order valence-corrected chi connectivity index (χ4v) is 1.89. The fourth-order valence-electron chi connectivity index (χ4n) is 1.89. The summed E-state index contributed by atoms with van der Waals surface area (Å²) in [6, 6.07) is 0. The molecular weight excluding hydrogens is 352 g/mol. The lowest BCUT2D eigenvalue weighted by atomic mass is 10.2. The summed E-state index contributed by atoms with van der Waals surface area (Å²) in [7, 11) is 0. The summed E-state index contributed by atoms with van der Waals surface area (Å²) in [4.78, 5) is 22.7. The molecule has 152 valence electrons. The number of ether oxygens (including phenoxy) is 2. The quantitative estimate of drug-likeness (QED) is 0.281. The zero-order chi connectivity index (χ0) is 21.4. The minimum Gasteiger partial charge on any atom is -0.463 e. The SMILES string of the molecule is CCOC(=O)C=C(C)C=CC(C)=CC=CC=C(C)C=CC(C)=CC(=O)OCC. The summed E-state index contributed by atoms with van der Waals surface area (Å²) in [6.07, 6.45) is 18.4. The van der Waals surface area contributed by atoms with Crippen LogP contribution in [0.4, 0.5) is 0 Å². The van der Waals surface area contributed by atoms with Crippen molar-refractivity contribution in [2.24, 2.45) is 0 Å². The summed E-state index contributed by atoms with van der Waals surface area (Å²) in [5.41, 5.74) is 3.79. The Hall–Kier alpha value is -2.88. The Bertz CT molecular complexity index is 664. The van der Waals surface area contributed by atoms with Crippen molar-refractivity contribution >= 4 is 11.9 Å². The van der Waals surface area contributed by atoms with Crippen molar-refractivity contribution in [3.8, 4) is 0 Å². The second kappa shape index (κ2) is 15.2. The van der Waals surface area contributed by atoms with Crippen LogP contribution >= 0.6 is 0 Å². The molecule has 0 saturated carbocycles. The number of hydrogen-bond acceptors (Lipinski definition) is 4. The second-order valence-corrected chi connectivity index (χ2v) is 6.15. The molecular formula is C24H32O4. The third-order valence-corrected chi connectivity index (χ3v) is 3.31. The molecule has 0 atom stereocenters. The van der Waals surface area contributed by atoms with Crippen molar-refractivity contribution in [3.05, 3.63) is 83.1 Å². The van der Waals surface area contributed by atoms with E-state index in [1.54, 1.807) is 13.8 Å². The number of carbonyl (C=O) groups is 2. The molecule has 0 aromatic carbocycles. The van der Waals surface area contributed by atoms with E-state index in [-0.39, 0.29) is 11.9 Å². The largest absolute Gasteiger partial charge is 0.463 e. The van der Waals surface area contributed by atoms with Crippen LogP contribution in [0.1, 0.15) is 41.5 Å². The Morgan fingerprint density at radius 2 is 0.929 bits per heavy atom. The second-order valence-electron chi connectivity index (χ2n) is 6.15. The van der Waals surface area contributed by atoms with Crippen LogP contribution in [0.15, 0.2) is 83.1 Å². The summed E-state index contributed by atoms with van der Waals surface area (Å²) < 4.78 is 9.74. The molecule has 0 rings (SSSR count). The Kier molecular flexibility index (Phi) is 13.6. The van der Waals surface area contributed by atoms with Gasteiger partial charge < -0.3 is 9.47 Å². The van der Waals surface area contributed by atoms with E-state index >= 15 is 0 Å². The van der Waals surface area contributed by atoms with Crippen LogP contribution in [0.2, 0.25) is 0 Å². The lowest BCUT2D eigenvalue weighted by Crippen LogP contribution is -1.99. The summed E-state index contributed by atoms with van der Waals surface area (Å²) in [5.74, 6) is -0.653. The molecule has 0 aliphatic heterocycles. The molecule has 0 aliphatic rings. The van der Waals surface area contributed by atoms with Crippen LogP contribution in [-0.4, -0.2) is 25.2 Å². The van der Waals surface area contributed by atoms with Gasteiger partial charge in [-0.15, -0.1) is 0 Å². The third-order valence-electron chi connectivity index (χ3n) is 3.31. The topological polar surface area (TPSA) is 52.6 Å². The molecule has 0 unspecified atom stereocenters. The van der Waals surface area contributed by atoms with Gasteiger partial charge in [0.15, 0.2) is 0 Å². The summed E-state index contributed by atoms with van der Waals surface area (Å²) in [5, 5.41) is 0. The van der Waals surface area contributed by atoms with Crippen molar-refractivity contribution in [3.63, 3.8) is 0 Å². The third kappa shape index (κ3) is 14.3. The molecule has 0 aliphatic carbocycles. The van der Waals surface area contributed by atoms with Gasteiger partial charge in [0.05, 0.1) is 13.2 Å². The molecule has 4 heteroatoms. The highest BCUT2D eigenvalue weighted by molar-refractivity contribution is 5.83. The van der Waals surface area contributed by atoms with Crippen molar-refractivity contribution in [1.29, 1.82) is 0 Å². The van der Waals surface area contributed by atoms with E-state index in [1.165, 1.54) is 12.2 Å². The molecule has 0 bridgehead atoms. The number of allylic oxidation sites excluding steroid dienone is 12. The van der Waals surface area contributed by atoms with Gasteiger partial charge >= 0.3 is 11.9 Å². The van der Waals surface area contributed by atoms with Gasteiger partial charge in [-0.2, -0.15) is 0 Å². The van der Waals surface area contributed by atoms with Crippen molar-refractivity contribution in [1.82, 2.24) is 0 Å². The highest BCUT2D eigenvalue weighted by Crippen LogP contribution is 2.04. The first-order chi connectivity index (χ1) is 13.3. The Morgan fingerprint density at radius 1 is 0.607 bits per heavy atom. The highest BCUT2D eigenvalue weighted by atomic mass is 16.5. The lowest BCUT2D eigenvalue weighted by Gasteiger charge is -1.96. The van der Waals surface area contributed by atoms with Crippen LogP contribution in [0.3, 0.4) is 0 Å². The smallest absolute Gasteiger partial charge is 0.330 e. The minimum absolute atomic E-state index is 0.327. The Balaban J connectivity index is 4.70. The maximum absolute atomic E-state index is 11.4. The number of hydrogen-bond donors (Lipinski definition) is 0. The maximum Gasteiger partial charge on any atom is 0.330 e. The Morgan fingerprint density at radius 3 is 1.25 bits per heavy atom. The van der Waals surface area contributed by atoms with Crippen molar-refractivity contribution < 1.29 is 19.1 Å². The van der Waals surface area contributed by atoms with Gasteiger partial charge in [0.1, 0.15) is 0 Å². The molecule has 28 heavy (non-hydrogen) atoms. The van der Waals surface area contributed by atoms with Crippen molar-refractivity contribution in [2.75, 3.05) is 13.2 Å². The zero-order valence-corrected chi connectivity index (χ0v) is 17.8. The molecule has 0 N–H and O–H groups in total. The molecule has 4 nitrogen and oxygen atoms in total. The summed E-state index contributed by atoms with van der Waals surface area (Å²) in [6.45, 7) is 12.0. The maximum atomic E-state index is 11.4. The normalized spacial score (nSPS) is 14.4. The molecule has 0 amide bonds. The van der Waals surface area contributed by atoms with E-state index in [0.29, 0.717) is 13.2 Å². The van der Waals surface area contributed by atoms with Gasteiger partial charge in [-0.25, -0.2) is 9.59 Å². The number of rotatable bonds is 10. The first-order valence-electron chi connectivity index (χ1n) is 9.36. The van der Waals surface area contributed by atoms with Gasteiger partial charge in [-0.05, 0) is 52.7 Å². The average molecular weight is 385 g/mol. The molecule has 0 aromatic heterocycles. The van der Waals surface area contributed by atoms with Gasteiger partial charge in [-0.3, -0.25) is 0 Å². The summed E-state index contributed by atoms with van der Waals surface area (Å²) >= 11 is 0. The molecule has 0 saturated heterocycles.